The van der Waals surface area contributed by atoms with E-state index >= 15 is 0 Å². The van der Waals surface area contributed by atoms with Crippen LogP contribution in [0.2, 0.25) is 10.0 Å². The van der Waals surface area contributed by atoms with Gasteiger partial charge < -0.3 is 33.7 Å². The highest BCUT2D eigenvalue weighted by Crippen LogP contribution is 2.53. The quantitative estimate of drug-likeness (QED) is 0.138. The molecule has 4 bridgehead atoms. The average Bonchev–Trinajstić information content (AvgIpc) is 3.79. The molecule has 16 nitrogen and oxygen atoms in total. The summed E-state index contributed by atoms with van der Waals surface area (Å²) in [6.45, 7) is 8.87. The first-order valence-electron chi connectivity index (χ1n) is 23.6. The van der Waals surface area contributed by atoms with Gasteiger partial charge in [-0.05, 0) is 104 Å². The van der Waals surface area contributed by atoms with Crippen LogP contribution in [-0.4, -0.2) is 138 Å². The number of likely N-dealkylation sites (N-methyl/N-ethyl adjacent to an activating group) is 1. The molecule has 0 radical (unpaired) electrons. The third-order valence-corrected chi connectivity index (χ3v) is 17.1. The Balaban J connectivity index is 1.02. The number of thiophene rings is 1. The van der Waals surface area contributed by atoms with Crippen molar-refractivity contribution >= 4 is 60.7 Å². The Kier molecular flexibility index (Phi) is 14.8. The Labute approximate surface area is 435 Å². The zero-order chi connectivity index (χ0) is 51.0. The van der Waals surface area contributed by atoms with Gasteiger partial charge in [-0.2, -0.15) is 4.31 Å². The van der Waals surface area contributed by atoms with Crippen LogP contribution in [0.4, 0.5) is 4.39 Å². The Hall–Kier alpha value is -6.03. The first-order valence-corrected chi connectivity index (χ1v) is 26.6. The number of carbonyl (C=O) groups is 1. The minimum absolute atomic E-state index is 0.00458. The van der Waals surface area contributed by atoms with E-state index in [1.165, 1.54) is 46.2 Å². The third-order valence-electron chi connectivity index (χ3n) is 13.2. The standard InChI is InChI=1S/C52H50Cl2FN7O9S2/c1-30-42-31(2)46(54)47(45(30)53)70-38(26-61-18-16-60(3)17-19-61)28-68-37-10-13-40(69-27-36-14-15-56-49(59-36)33-6-11-39(12-7-33)73(65,66)62-20-22-67-23-21-62)34(24-37)25-41(52(63)64)71-50-44-43(42)48(72-51(44)58-29-57-50)32-4-8-35(55)9-5-32/h4-15,24,29,38,41H,16-23,25-28H2,1-3H3,(H,63,64)/t38-,41-/m1/s1. The molecule has 4 aliphatic rings. The fourth-order valence-electron chi connectivity index (χ4n) is 9.19. The van der Waals surface area contributed by atoms with E-state index in [1.807, 2.05) is 13.8 Å². The topological polar surface area (TPSA) is 179 Å². The molecule has 7 aromatic rings. The van der Waals surface area contributed by atoms with Crippen molar-refractivity contribution in [2.24, 2.45) is 0 Å². The van der Waals surface area contributed by atoms with E-state index in [2.05, 4.69) is 31.8 Å². The summed E-state index contributed by atoms with van der Waals surface area (Å²) in [5, 5.41) is 11.9. The first kappa shape index (κ1) is 50.5. The SMILES string of the molecule is Cc1c(Cl)c2c(Cl)c(C)c1-c1c(-c3ccc(F)cc3)sc3ncnc(c13)O[C@@H](C(=O)O)Cc1cc(ccc1OCc1ccnc(-c3ccc(S(=O)(=O)N4CCOCC4)cc3)n1)OC[C@@H](CN1CCN(C)CC1)O2. The maximum Gasteiger partial charge on any atom is 0.345 e. The van der Waals surface area contributed by atoms with Crippen LogP contribution in [0.3, 0.4) is 0 Å². The van der Waals surface area contributed by atoms with Crippen LogP contribution in [0, 0.1) is 19.7 Å². The number of carboxylic acid groups (broad SMARTS) is 1. The summed E-state index contributed by atoms with van der Waals surface area (Å²) >= 11 is 16.0. The highest BCUT2D eigenvalue weighted by molar-refractivity contribution is 7.89. The van der Waals surface area contributed by atoms with Crippen molar-refractivity contribution in [3.8, 4) is 56.1 Å². The molecule has 2 saturated heterocycles. The van der Waals surface area contributed by atoms with E-state index in [4.69, 9.17) is 51.9 Å². The van der Waals surface area contributed by atoms with Crippen LogP contribution < -0.4 is 18.9 Å². The number of ether oxygens (including phenoxy) is 5. The molecule has 0 unspecified atom stereocenters. The number of carboxylic acids is 1. The fraction of sp³-hybridized carbons (Fsp3) is 0.327. The number of fused-ring (bicyclic) bond motifs is 7. The number of halogens is 3. The van der Waals surface area contributed by atoms with Gasteiger partial charge >= 0.3 is 5.97 Å². The lowest BCUT2D eigenvalue weighted by Gasteiger charge is -2.35. The summed E-state index contributed by atoms with van der Waals surface area (Å²) in [4.78, 5) is 37.6. The van der Waals surface area contributed by atoms with E-state index in [9.17, 15) is 22.7 Å². The number of hydrogen-bond donors (Lipinski definition) is 1. The second-order valence-corrected chi connectivity index (χ2v) is 21.7. The second kappa shape index (κ2) is 21.4. The molecular weight excluding hydrogens is 1020 g/mol. The molecule has 0 aliphatic carbocycles. The number of hydrogen-bond acceptors (Lipinski definition) is 15. The van der Waals surface area contributed by atoms with E-state index < -0.39 is 34.0 Å². The van der Waals surface area contributed by atoms with E-state index in [0.717, 1.165) is 26.2 Å². The minimum atomic E-state index is -3.70. The summed E-state index contributed by atoms with van der Waals surface area (Å²) in [5.74, 6) is -0.287. The molecular formula is C52H50Cl2FN7O9S2. The van der Waals surface area contributed by atoms with Crippen LogP contribution in [0.1, 0.15) is 22.4 Å². The van der Waals surface area contributed by atoms with Crippen LogP contribution in [-0.2, 0) is 32.6 Å². The van der Waals surface area contributed by atoms with Crippen LogP contribution in [0.25, 0.3) is 43.2 Å². The molecule has 0 saturated carbocycles. The van der Waals surface area contributed by atoms with Gasteiger partial charge in [-0.1, -0.05) is 35.3 Å². The monoisotopic (exact) mass is 1070 g/mol. The number of aromatic nitrogens is 4. The van der Waals surface area contributed by atoms with Crippen molar-refractivity contribution < 1.29 is 46.4 Å². The molecule has 4 aliphatic heterocycles. The van der Waals surface area contributed by atoms with Gasteiger partial charge in [0.25, 0.3) is 0 Å². The van der Waals surface area contributed by atoms with Crippen molar-refractivity contribution in [3.05, 3.63) is 124 Å². The zero-order valence-corrected chi connectivity index (χ0v) is 43.2. The van der Waals surface area contributed by atoms with Gasteiger partial charge in [0.2, 0.25) is 22.0 Å². The largest absolute Gasteiger partial charge is 0.490 e. The van der Waals surface area contributed by atoms with Gasteiger partial charge in [0.15, 0.2) is 11.6 Å². The van der Waals surface area contributed by atoms with Crippen LogP contribution in [0.15, 0.2) is 90.2 Å². The Bertz CT molecular complexity index is 3270. The van der Waals surface area contributed by atoms with E-state index in [0.29, 0.717) is 103 Å². The molecule has 0 spiro atoms. The summed E-state index contributed by atoms with van der Waals surface area (Å²) < 4.78 is 74.0. The maximum atomic E-state index is 14.4. The highest BCUT2D eigenvalue weighted by atomic mass is 35.5. The van der Waals surface area contributed by atoms with E-state index in [-0.39, 0.29) is 53.5 Å². The van der Waals surface area contributed by atoms with Gasteiger partial charge in [-0.25, -0.2) is 37.5 Å². The summed E-state index contributed by atoms with van der Waals surface area (Å²) in [7, 11) is -1.61. The number of piperazine rings is 1. The molecule has 21 heteroatoms. The molecule has 0 amide bonds. The number of morpholine rings is 1. The molecule has 11 rings (SSSR count). The second-order valence-electron chi connectivity index (χ2n) is 18.0. The number of benzene rings is 4. The smallest absolute Gasteiger partial charge is 0.345 e. The van der Waals surface area contributed by atoms with Gasteiger partial charge in [-0.15, -0.1) is 11.3 Å². The predicted molar refractivity (Wildman–Crippen MR) is 275 cm³/mol. The first-order chi connectivity index (χ1) is 35.2. The Morgan fingerprint density at radius 2 is 1.59 bits per heavy atom. The minimum Gasteiger partial charge on any atom is -0.490 e. The van der Waals surface area contributed by atoms with Crippen molar-refractivity contribution in [1.29, 1.82) is 0 Å². The lowest BCUT2D eigenvalue weighted by atomic mass is 9.92. The number of aliphatic carboxylic acids is 1. The third kappa shape index (κ3) is 10.7. The van der Waals surface area contributed by atoms with Crippen molar-refractivity contribution in [2.45, 2.75) is 44.0 Å². The lowest BCUT2D eigenvalue weighted by Crippen LogP contribution is -2.49. The average molecular weight is 1070 g/mol. The highest BCUT2D eigenvalue weighted by Gasteiger charge is 2.33. The van der Waals surface area contributed by atoms with Gasteiger partial charge in [0.05, 0.1) is 39.2 Å². The molecule has 2 fully saturated rings. The molecule has 7 heterocycles. The number of sulfonamides is 1. The summed E-state index contributed by atoms with van der Waals surface area (Å²) in [6.07, 6.45) is 0.619. The molecule has 73 heavy (non-hydrogen) atoms. The normalized spacial score (nSPS) is 18.2. The van der Waals surface area contributed by atoms with Crippen LogP contribution in [0.5, 0.6) is 23.1 Å². The van der Waals surface area contributed by atoms with Gasteiger partial charge in [0, 0.05) is 80.0 Å². The van der Waals surface area contributed by atoms with Crippen molar-refractivity contribution in [2.75, 3.05) is 72.7 Å². The summed E-state index contributed by atoms with van der Waals surface area (Å²) in [6, 6.07) is 19.3. The summed E-state index contributed by atoms with van der Waals surface area (Å²) in [5.41, 5.74) is 4.71. The van der Waals surface area contributed by atoms with Crippen LogP contribution >= 0.6 is 34.5 Å². The molecule has 2 atom stereocenters. The zero-order valence-electron chi connectivity index (χ0n) is 40.0. The fourth-order valence-corrected chi connectivity index (χ4v) is 12.3. The molecule has 3 aromatic heterocycles. The van der Waals surface area contributed by atoms with E-state index in [1.54, 1.807) is 54.7 Å². The number of nitrogens with zero attached hydrogens (tertiary/aromatic N) is 7. The predicted octanol–water partition coefficient (Wildman–Crippen LogP) is 8.61. The molecule has 4 aromatic carbocycles. The Morgan fingerprint density at radius 3 is 2.30 bits per heavy atom. The molecule has 380 valence electrons. The molecule has 1 N–H and O–H groups in total. The Morgan fingerprint density at radius 1 is 0.877 bits per heavy atom. The number of rotatable bonds is 10. The maximum absolute atomic E-state index is 14.4. The van der Waals surface area contributed by atoms with Crippen molar-refractivity contribution in [1.82, 2.24) is 34.0 Å². The lowest BCUT2D eigenvalue weighted by molar-refractivity contribution is -0.145. The van der Waals surface area contributed by atoms with Gasteiger partial charge in [0.1, 0.15) is 47.8 Å². The van der Waals surface area contributed by atoms with Crippen molar-refractivity contribution in [3.63, 3.8) is 0 Å². The van der Waals surface area contributed by atoms with Gasteiger partial charge in [-0.3, -0.25) is 4.90 Å².